The number of aldehydes is 1. The summed E-state index contributed by atoms with van der Waals surface area (Å²) < 4.78 is 5.42. The second-order valence-electron chi connectivity index (χ2n) is 3.58. The largest absolute Gasteiger partial charge is 0.494 e. The summed E-state index contributed by atoms with van der Waals surface area (Å²) in [5.41, 5.74) is 1.41. The van der Waals surface area contributed by atoms with Crippen molar-refractivity contribution in [2.24, 2.45) is 0 Å². The lowest BCUT2D eigenvalue weighted by Gasteiger charge is -2.07. The lowest BCUT2D eigenvalue weighted by Crippen LogP contribution is -1.93. The lowest BCUT2D eigenvalue weighted by molar-refractivity contribution is 0.112. The highest BCUT2D eigenvalue weighted by Gasteiger charge is 2.09. The molecule has 0 spiro atoms. The third-order valence-corrected chi connectivity index (χ3v) is 3.47. The number of thiophene rings is 1. The fourth-order valence-electron chi connectivity index (χ4n) is 1.65. The predicted octanol–water partition coefficient (Wildman–Crippen LogP) is 3.50. The molecule has 0 N–H and O–H groups in total. The summed E-state index contributed by atoms with van der Waals surface area (Å²) in [5.74, 6) is 0.727. The van der Waals surface area contributed by atoms with Crippen LogP contribution in [0.2, 0.25) is 0 Å². The maximum absolute atomic E-state index is 11.0. The average molecular weight is 257 g/mol. The first-order chi connectivity index (χ1) is 8.78. The molecule has 1 aromatic carbocycles. The van der Waals surface area contributed by atoms with Crippen LogP contribution in [0.4, 0.5) is 0 Å². The topological polar surface area (TPSA) is 50.1 Å². The zero-order valence-corrected chi connectivity index (χ0v) is 10.7. The van der Waals surface area contributed by atoms with Gasteiger partial charge in [0.2, 0.25) is 0 Å². The smallest absolute Gasteiger partial charge is 0.150 e. The van der Waals surface area contributed by atoms with Gasteiger partial charge in [0.1, 0.15) is 16.7 Å². The molecule has 0 fully saturated rings. The molecule has 2 aromatic rings. The van der Waals surface area contributed by atoms with Crippen molar-refractivity contribution in [2.75, 3.05) is 6.61 Å². The number of nitriles is 1. The van der Waals surface area contributed by atoms with Crippen molar-refractivity contribution in [3.05, 3.63) is 40.8 Å². The van der Waals surface area contributed by atoms with Gasteiger partial charge in [0.15, 0.2) is 6.29 Å². The summed E-state index contributed by atoms with van der Waals surface area (Å²) in [5, 5.41) is 8.83. The van der Waals surface area contributed by atoms with Gasteiger partial charge in [-0.15, -0.1) is 11.3 Å². The van der Waals surface area contributed by atoms with Crippen molar-refractivity contribution in [1.82, 2.24) is 0 Å². The molecular weight excluding hydrogens is 246 g/mol. The van der Waals surface area contributed by atoms with E-state index in [1.54, 1.807) is 18.2 Å². The number of carbonyl (C=O) groups is 1. The fourth-order valence-corrected chi connectivity index (χ4v) is 2.49. The molecule has 0 bridgehead atoms. The van der Waals surface area contributed by atoms with Gasteiger partial charge >= 0.3 is 0 Å². The average Bonchev–Trinajstić information content (AvgIpc) is 2.87. The molecule has 0 saturated carbocycles. The van der Waals surface area contributed by atoms with Gasteiger partial charge < -0.3 is 4.74 Å². The minimum Gasteiger partial charge on any atom is -0.494 e. The quantitative estimate of drug-likeness (QED) is 0.788. The molecule has 0 radical (unpaired) electrons. The maximum atomic E-state index is 11.0. The van der Waals surface area contributed by atoms with Crippen LogP contribution in [0.1, 0.15) is 22.2 Å². The highest BCUT2D eigenvalue weighted by atomic mass is 32.1. The molecule has 0 saturated heterocycles. The monoisotopic (exact) mass is 257 g/mol. The van der Waals surface area contributed by atoms with Gasteiger partial charge in [0.25, 0.3) is 0 Å². The number of carbonyl (C=O) groups excluding carboxylic acids is 1. The Morgan fingerprint density at radius 1 is 1.39 bits per heavy atom. The van der Waals surface area contributed by atoms with Crippen LogP contribution >= 0.6 is 11.3 Å². The Kier molecular flexibility index (Phi) is 3.75. The Bertz CT molecular complexity index is 610. The normalized spacial score (nSPS) is 9.78. The molecule has 1 heterocycles. The molecule has 0 aliphatic rings. The molecule has 2 rings (SSSR count). The summed E-state index contributed by atoms with van der Waals surface area (Å²) in [6.07, 6.45) is 0.816. The van der Waals surface area contributed by atoms with Crippen molar-refractivity contribution in [2.45, 2.75) is 6.92 Å². The van der Waals surface area contributed by atoms with E-state index in [4.69, 9.17) is 10.00 Å². The second kappa shape index (κ2) is 5.48. The first-order valence-corrected chi connectivity index (χ1v) is 6.32. The SMILES string of the molecule is CCOc1ccc(C=O)c(-c2ccc(C#N)s2)c1. The summed E-state index contributed by atoms with van der Waals surface area (Å²) >= 11 is 1.37. The fraction of sp³-hybridized carbons (Fsp3) is 0.143. The van der Waals surface area contributed by atoms with E-state index >= 15 is 0 Å². The molecule has 90 valence electrons. The molecule has 4 heteroatoms. The molecule has 0 amide bonds. The molecule has 3 nitrogen and oxygen atoms in total. The predicted molar refractivity (Wildman–Crippen MR) is 71.0 cm³/mol. The molecular formula is C14H11NO2S. The maximum Gasteiger partial charge on any atom is 0.150 e. The van der Waals surface area contributed by atoms with Crippen LogP contribution < -0.4 is 4.74 Å². The van der Waals surface area contributed by atoms with Gasteiger partial charge in [-0.25, -0.2) is 0 Å². The highest BCUT2D eigenvalue weighted by molar-refractivity contribution is 7.16. The van der Waals surface area contributed by atoms with Crippen LogP contribution in [0, 0.1) is 11.3 Å². The molecule has 0 aliphatic carbocycles. The van der Waals surface area contributed by atoms with Gasteiger partial charge in [-0.3, -0.25) is 4.79 Å². The standard InChI is InChI=1S/C14H11NO2S/c1-2-17-11-4-3-10(9-16)13(7-11)14-6-5-12(8-15)18-14/h3-7,9H,2H2,1H3. The first-order valence-electron chi connectivity index (χ1n) is 5.50. The number of rotatable bonds is 4. The Morgan fingerprint density at radius 3 is 2.83 bits per heavy atom. The van der Waals surface area contributed by atoms with Crippen LogP contribution in [-0.4, -0.2) is 12.9 Å². The highest BCUT2D eigenvalue weighted by Crippen LogP contribution is 2.32. The zero-order valence-electron chi connectivity index (χ0n) is 9.84. The summed E-state index contributed by atoms with van der Waals surface area (Å²) in [7, 11) is 0. The number of nitrogens with zero attached hydrogens (tertiary/aromatic N) is 1. The minimum atomic E-state index is 0.577. The Hall–Kier alpha value is -2.12. The van der Waals surface area contributed by atoms with Gasteiger partial charge in [0, 0.05) is 16.0 Å². The van der Waals surface area contributed by atoms with Crippen molar-refractivity contribution < 1.29 is 9.53 Å². The van der Waals surface area contributed by atoms with Crippen LogP contribution in [-0.2, 0) is 0 Å². The Balaban J connectivity index is 2.49. The number of hydrogen-bond donors (Lipinski definition) is 0. The van der Waals surface area contributed by atoms with E-state index in [0.29, 0.717) is 17.0 Å². The van der Waals surface area contributed by atoms with Gasteiger partial charge in [-0.2, -0.15) is 5.26 Å². The molecule has 18 heavy (non-hydrogen) atoms. The summed E-state index contributed by atoms with van der Waals surface area (Å²) in [4.78, 5) is 12.6. The van der Waals surface area contributed by atoms with Gasteiger partial charge in [-0.1, -0.05) is 0 Å². The molecule has 0 atom stereocenters. The van der Waals surface area contributed by atoms with Gasteiger partial charge in [0.05, 0.1) is 6.61 Å². The van der Waals surface area contributed by atoms with Crippen LogP contribution in [0.5, 0.6) is 5.75 Å². The Morgan fingerprint density at radius 2 is 2.22 bits per heavy atom. The summed E-state index contributed by atoms with van der Waals surface area (Å²) in [6.45, 7) is 2.49. The van der Waals surface area contributed by atoms with Crippen molar-refractivity contribution in [3.63, 3.8) is 0 Å². The van der Waals surface area contributed by atoms with E-state index < -0.39 is 0 Å². The molecule has 0 aliphatic heterocycles. The van der Waals surface area contributed by atoms with Crippen LogP contribution in [0.15, 0.2) is 30.3 Å². The van der Waals surface area contributed by atoms with Gasteiger partial charge in [-0.05, 0) is 37.3 Å². The van der Waals surface area contributed by atoms with E-state index in [2.05, 4.69) is 6.07 Å². The Labute approximate surface area is 109 Å². The van der Waals surface area contributed by atoms with E-state index in [9.17, 15) is 4.79 Å². The van der Waals surface area contributed by atoms with E-state index in [-0.39, 0.29) is 0 Å². The number of hydrogen-bond acceptors (Lipinski definition) is 4. The molecule has 0 unspecified atom stereocenters. The molecule has 1 aromatic heterocycles. The summed E-state index contributed by atoms with van der Waals surface area (Å²) in [6, 6.07) is 11.0. The zero-order chi connectivity index (χ0) is 13.0. The van der Waals surface area contributed by atoms with Crippen molar-refractivity contribution in [3.8, 4) is 22.3 Å². The third-order valence-electron chi connectivity index (χ3n) is 2.44. The van der Waals surface area contributed by atoms with E-state index in [1.807, 2.05) is 19.1 Å². The van der Waals surface area contributed by atoms with Crippen LogP contribution in [0.25, 0.3) is 10.4 Å². The minimum absolute atomic E-state index is 0.577. The van der Waals surface area contributed by atoms with Crippen molar-refractivity contribution in [1.29, 1.82) is 5.26 Å². The second-order valence-corrected chi connectivity index (χ2v) is 4.66. The third kappa shape index (κ3) is 2.41. The number of ether oxygens (including phenoxy) is 1. The first kappa shape index (κ1) is 12.3. The van der Waals surface area contributed by atoms with E-state index in [0.717, 1.165) is 22.5 Å². The number of benzene rings is 1. The van der Waals surface area contributed by atoms with Crippen molar-refractivity contribution >= 4 is 17.6 Å². The van der Waals surface area contributed by atoms with E-state index in [1.165, 1.54) is 11.3 Å². The van der Waals surface area contributed by atoms with Crippen LogP contribution in [0.3, 0.4) is 0 Å². The lowest BCUT2D eigenvalue weighted by atomic mass is 10.1.